The second-order valence-electron chi connectivity index (χ2n) is 8.27. The first-order chi connectivity index (χ1) is 15.8. The van der Waals surface area contributed by atoms with Gasteiger partial charge in [-0.3, -0.25) is 9.59 Å². The van der Waals surface area contributed by atoms with Crippen LogP contribution < -0.4 is 15.6 Å². The zero-order valence-electron chi connectivity index (χ0n) is 18.8. The Morgan fingerprint density at radius 2 is 1.82 bits per heavy atom. The van der Waals surface area contributed by atoms with Crippen molar-refractivity contribution in [3.63, 3.8) is 0 Å². The molecule has 1 fully saturated rings. The van der Waals surface area contributed by atoms with Gasteiger partial charge < -0.3 is 24.6 Å². The van der Waals surface area contributed by atoms with Gasteiger partial charge in [0.05, 0.1) is 10.9 Å². The zero-order valence-corrected chi connectivity index (χ0v) is 18.8. The Morgan fingerprint density at radius 3 is 2.52 bits per heavy atom. The molecular weight excluding hydrogens is 422 g/mol. The second kappa shape index (κ2) is 9.36. The summed E-state index contributed by atoms with van der Waals surface area (Å²) >= 11 is 0. The summed E-state index contributed by atoms with van der Waals surface area (Å²) in [6, 6.07) is 12.1. The van der Waals surface area contributed by atoms with Crippen LogP contribution in [0.15, 0.2) is 51.7 Å². The molecule has 0 atom stereocenters. The molecule has 1 aliphatic heterocycles. The van der Waals surface area contributed by atoms with Gasteiger partial charge >= 0.3 is 5.97 Å². The molecule has 3 aromatic rings. The van der Waals surface area contributed by atoms with E-state index < -0.39 is 5.97 Å². The lowest BCUT2D eigenvalue weighted by atomic mass is 10.0. The van der Waals surface area contributed by atoms with E-state index in [0.29, 0.717) is 61.7 Å². The van der Waals surface area contributed by atoms with Gasteiger partial charge in [-0.05, 0) is 42.7 Å². The van der Waals surface area contributed by atoms with Crippen LogP contribution in [0, 0.1) is 6.92 Å². The standard InChI is InChI=1S/C25H27N3O5/c1-16-13-18(7-8-26-21-6-4-3-5-19(21)25(31)32)24-20(14-16)22(30)15-23(33-24)28-11-9-27(10-12-28)17(2)29/h3-6,13-15,26H,7-12H2,1-2H3,(H,31,32). The van der Waals surface area contributed by atoms with Crippen molar-refractivity contribution >= 4 is 34.4 Å². The Balaban J connectivity index is 1.59. The van der Waals surface area contributed by atoms with Gasteiger partial charge in [0.1, 0.15) is 5.58 Å². The lowest BCUT2D eigenvalue weighted by Gasteiger charge is -2.34. The lowest BCUT2D eigenvalue weighted by molar-refractivity contribution is -0.129. The van der Waals surface area contributed by atoms with Crippen molar-refractivity contribution < 1.29 is 19.1 Å². The number of nitrogens with one attached hydrogen (secondary N) is 1. The Kier molecular flexibility index (Phi) is 6.35. The third-order valence-corrected chi connectivity index (χ3v) is 5.94. The minimum absolute atomic E-state index is 0.0457. The quantitative estimate of drug-likeness (QED) is 0.596. The number of carbonyl (C=O) groups is 2. The maximum atomic E-state index is 12.9. The van der Waals surface area contributed by atoms with Gasteiger partial charge in [0.2, 0.25) is 5.91 Å². The molecule has 172 valence electrons. The first-order valence-corrected chi connectivity index (χ1v) is 11.0. The number of piperazine rings is 1. The molecule has 0 saturated carbocycles. The van der Waals surface area contributed by atoms with Gasteiger partial charge in [-0.25, -0.2) is 4.79 Å². The molecule has 8 nitrogen and oxygen atoms in total. The Hall–Kier alpha value is -3.81. The summed E-state index contributed by atoms with van der Waals surface area (Å²) in [6.07, 6.45) is 0.552. The molecule has 1 aromatic heterocycles. The van der Waals surface area contributed by atoms with Crippen LogP contribution in [0.4, 0.5) is 11.6 Å². The van der Waals surface area contributed by atoms with Crippen molar-refractivity contribution in [2.24, 2.45) is 0 Å². The molecule has 0 spiro atoms. The first kappa shape index (κ1) is 22.4. The van der Waals surface area contributed by atoms with Crippen LogP contribution in [0.5, 0.6) is 0 Å². The number of aromatic carboxylic acids is 1. The summed E-state index contributed by atoms with van der Waals surface area (Å²) in [4.78, 5) is 39.7. The maximum Gasteiger partial charge on any atom is 0.337 e. The van der Waals surface area contributed by atoms with E-state index in [1.54, 1.807) is 36.1 Å². The molecule has 4 rings (SSSR count). The molecule has 1 aliphatic rings. The molecule has 1 saturated heterocycles. The van der Waals surface area contributed by atoms with Crippen LogP contribution in [-0.4, -0.2) is 54.6 Å². The summed E-state index contributed by atoms with van der Waals surface area (Å²) in [6.45, 7) is 6.35. The number of fused-ring (bicyclic) bond motifs is 1. The lowest BCUT2D eigenvalue weighted by Crippen LogP contribution is -2.48. The van der Waals surface area contributed by atoms with Gasteiger partial charge in [0.25, 0.3) is 0 Å². The molecule has 0 bridgehead atoms. The summed E-state index contributed by atoms with van der Waals surface area (Å²) in [7, 11) is 0. The minimum atomic E-state index is -0.986. The number of para-hydroxylation sites is 1. The zero-order chi connectivity index (χ0) is 23.5. The van der Waals surface area contributed by atoms with E-state index in [1.807, 2.05) is 24.0 Å². The van der Waals surface area contributed by atoms with Crippen LogP contribution in [0.3, 0.4) is 0 Å². The number of rotatable bonds is 6. The maximum absolute atomic E-state index is 12.9. The monoisotopic (exact) mass is 449 g/mol. The van der Waals surface area contributed by atoms with Crippen LogP contribution in [0.1, 0.15) is 28.4 Å². The highest BCUT2D eigenvalue weighted by molar-refractivity contribution is 5.94. The largest absolute Gasteiger partial charge is 0.478 e. The van der Waals surface area contributed by atoms with E-state index in [2.05, 4.69) is 5.32 Å². The minimum Gasteiger partial charge on any atom is -0.478 e. The third kappa shape index (κ3) is 4.84. The molecule has 0 radical (unpaired) electrons. The highest BCUT2D eigenvalue weighted by Crippen LogP contribution is 2.25. The van der Waals surface area contributed by atoms with Crippen molar-refractivity contribution in [3.8, 4) is 0 Å². The number of carbonyl (C=O) groups excluding carboxylic acids is 1. The predicted octanol–water partition coefficient (Wildman–Crippen LogP) is 3.12. The Morgan fingerprint density at radius 1 is 1.09 bits per heavy atom. The van der Waals surface area contributed by atoms with Gasteiger partial charge in [-0.2, -0.15) is 0 Å². The van der Waals surface area contributed by atoms with E-state index in [-0.39, 0.29) is 16.9 Å². The molecule has 8 heteroatoms. The number of carboxylic acid groups (broad SMARTS) is 1. The number of hydrogen-bond acceptors (Lipinski definition) is 6. The summed E-state index contributed by atoms with van der Waals surface area (Å²) in [5.41, 5.74) is 3.04. The van der Waals surface area contributed by atoms with E-state index in [4.69, 9.17) is 4.42 Å². The fraction of sp³-hybridized carbons (Fsp3) is 0.320. The van der Waals surface area contributed by atoms with E-state index >= 15 is 0 Å². The number of aryl methyl sites for hydroxylation is 1. The number of nitrogens with zero attached hydrogens (tertiary/aromatic N) is 2. The van der Waals surface area contributed by atoms with Gasteiger partial charge in [-0.15, -0.1) is 0 Å². The number of hydrogen-bond donors (Lipinski definition) is 2. The average Bonchev–Trinajstić information content (AvgIpc) is 2.79. The van der Waals surface area contributed by atoms with Crippen molar-refractivity contribution in [1.29, 1.82) is 0 Å². The predicted molar refractivity (Wildman–Crippen MR) is 127 cm³/mol. The molecule has 0 aliphatic carbocycles. The Bertz CT molecular complexity index is 1260. The summed E-state index contributed by atoms with van der Waals surface area (Å²) in [5, 5.41) is 13.1. The number of anilines is 2. The molecule has 2 heterocycles. The van der Waals surface area contributed by atoms with Gasteiger partial charge in [-0.1, -0.05) is 18.2 Å². The topological polar surface area (TPSA) is 103 Å². The number of amides is 1. The second-order valence-corrected chi connectivity index (χ2v) is 8.27. The van der Waals surface area contributed by atoms with Crippen LogP contribution in [0.25, 0.3) is 11.0 Å². The normalized spacial score (nSPS) is 13.9. The van der Waals surface area contributed by atoms with Crippen molar-refractivity contribution in [3.05, 3.63) is 69.4 Å². The van der Waals surface area contributed by atoms with Crippen molar-refractivity contribution in [2.75, 3.05) is 42.9 Å². The van der Waals surface area contributed by atoms with Crippen molar-refractivity contribution in [1.82, 2.24) is 4.90 Å². The van der Waals surface area contributed by atoms with E-state index in [9.17, 15) is 19.5 Å². The molecule has 2 aromatic carbocycles. The summed E-state index contributed by atoms with van der Waals surface area (Å²) < 4.78 is 6.23. The van der Waals surface area contributed by atoms with E-state index in [0.717, 1.165) is 11.1 Å². The molecule has 0 unspecified atom stereocenters. The van der Waals surface area contributed by atoms with E-state index in [1.165, 1.54) is 6.07 Å². The fourth-order valence-electron chi connectivity index (χ4n) is 4.21. The van der Waals surface area contributed by atoms with Crippen LogP contribution in [-0.2, 0) is 11.2 Å². The van der Waals surface area contributed by atoms with Gasteiger partial charge in [0, 0.05) is 51.4 Å². The average molecular weight is 450 g/mol. The molecular formula is C25H27N3O5. The molecule has 2 N–H and O–H groups in total. The van der Waals surface area contributed by atoms with Crippen LogP contribution in [0.2, 0.25) is 0 Å². The highest BCUT2D eigenvalue weighted by Gasteiger charge is 2.22. The van der Waals surface area contributed by atoms with Gasteiger partial charge in [0.15, 0.2) is 11.3 Å². The SMILES string of the molecule is CC(=O)N1CCN(c2cc(=O)c3cc(C)cc(CCNc4ccccc4C(=O)O)c3o2)CC1. The fourth-order valence-corrected chi connectivity index (χ4v) is 4.21. The smallest absolute Gasteiger partial charge is 0.337 e. The number of benzene rings is 2. The first-order valence-electron chi connectivity index (χ1n) is 11.0. The Labute approximate surface area is 191 Å². The molecule has 33 heavy (non-hydrogen) atoms. The third-order valence-electron chi connectivity index (χ3n) is 5.94. The number of carboxylic acids is 1. The highest BCUT2D eigenvalue weighted by atomic mass is 16.4. The van der Waals surface area contributed by atoms with Crippen molar-refractivity contribution in [2.45, 2.75) is 20.3 Å². The summed E-state index contributed by atoms with van der Waals surface area (Å²) in [5.74, 6) is -0.436. The molecule has 1 amide bonds. The van der Waals surface area contributed by atoms with Crippen LogP contribution >= 0.6 is 0 Å².